The van der Waals surface area contributed by atoms with Crippen LogP contribution in [0.25, 0.3) is 0 Å². The fourth-order valence-electron chi connectivity index (χ4n) is 2.17. The van der Waals surface area contributed by atoms with Crippen LogP contribution in [0.2, 0.25) is 0 Å². The summed E-state index contributed by atoms with van der Waals surface area (Å²) in [4.78, 5) is 32.2. The topological polar surface area (TPSA) is 112 Å². The van der Waals surface area contributed by atoms with Crippen molar-refractivity contribution in [2.75, 3.05) is 6.16 Å². The van der Waals surface area contributed by atoms with Crippen LogP contribution >= 0.6 is 7.37 Å². The average molecular weight is 328 g/mol. The Hall–Kier alpha value is -1.65. The standard InChI is InChI=1S/C15H21O6P/c1-15(14(18)19,10-9-13(16)17)22(20,21)11-5-8-12-6-3-2-4-7-12/h2-4,6-7H,5,8-11H2,1H3,(H,16,17)(H,18,19)(H,20,21). The lowest BCUT2D eigenvalue weighted by Gasteiger charge is -2.29. The molecule has 0 saturated carbocycles. The summed E-state index contributed by atoms with van der Waals surface area (Å²) in [7, 11) is -4.03. The highest BCUT2D eigenvalue weighted by molar-refractivity contribution is 7.60. The molecule has 0 aromatic heterocycles. The molecule has 0 radical (unpaired) electrons. The number of rotatable bonds is 9. The zero-order valence-electron chi connectivity index (χ0n) is 12.4. The molecule has 0 aliphatic rings. The van der Waals surface area contributed by atoms with E-state index in [1.54, 1.807) is 0 Å². The van der Waals surface area contributed by atoms with Crippen molar-refractivity contribution in [1.29, 1.82) is 0 Å². The van der Waals surface area contributed by atoms with Gasteiger partial charge in [-0.1, -0.05) is 30.3 Å². The Kier molecular flexibility index (Phi) is 6.33. The molecule has 7 heteroatoms. The highest BCUT2D eigenvalue weighted by Gasteiger charge is 2.49. The highest BCUT2D eigenvalue weighted by Crippen LogP contribution is 2.57. The van der Waals surface area contributed by atoms with E-state index in [9.17, 15) is 24.2 Å². The van der Waals surface area contributed by atoms with Crippen LogP contribution < -0.4 is 0 Å². The quantitative estimate of drug-likeness (QED) is 0.601. The van der Waals surface area contributed by atoms with E-state index in [2.05, 4.69) is 0 Å². The van der Waals surface area contributed by atoms with E-state index in [0.29, 0.717) is 12.8 Å². The van der Waals surface area contributed by atoms with E-state index in [1.807, 2.05) is 30.3 Å². The molecule has 6 nitrogen and oxygen atoms in total. The molecule has 1 rings (SSSR count). The third-order valence-corrected chi connectivity index (χ3v) is 6.71. The van der Waals surface area contributed by atoms with Crippen molar-refractivity contribution in [1.82, 2.24) is 0 Å². The van der Waals surface area contributed by atoms with Gasteiger partial charge in [0.15, 0.2) is 0 Å². The van der Waals surface area contributed by atoms with Crippen LogP contribution in [0, 0.1) is 0 Å². The normalized spacial score (nSPS) is 16.5. The molecule has 1 aromatic rings. The van der Waals surface area contributed by atoms with E-state index in [-0.39, 0.29) is 12.6 Å². The summed E-state index contributed by atoms with van der Waals surface area (Å²) in [5.41, 5.74) is 1.00. The van der Waals surface area contributed by atoms with Gasteiger partial charge in [0.05, 0.1) is 0 Å². The van der Waals surface area contributed by atoms with Crippen molar-refractivity contribution in [3.63, 3.8) is 0 Å². The van der Waals surface area contributed by atoms with Crippen LogP contribution in [-0.4, -0.2) is 38.4 Å². The van der Waals surface area contributed by atoms with E-state index < -0.39 is 30.9 Å². The van der Waals surface area contributed by atoms with Crippen LogP contribution in [0.1, 0.15) is 31.7 Å². The van der Waals surface area contributed by atoms with Gasteiger partial charge in [0, 0.05) is 12.6 Å². The van der Waals surface area contributed by atoms with E-state index in [0.717, 1.165) is 12.5 Å². The lowest BCUT2D eigenvalue weighted by Crippen LogP contribution is -2.36. The van der Waals surface area contributed by atoms with Crippen LogP contribution in [0.3, 0.4) is 0 Å². The van der Waals surface area contributed by atoms with Gasteiger partial charge >= 0.3 is 11.9 Å². The molecule has 0 spiro atoms. The summed E-state index contributed by atoms with van der Waals surface area (Å²) in [5, 5.41) is 16.0. The zero-order chi connectivity index (χ0) is 16.8. The second-order valence-electron chi connectivity index (χ2n) is 5.49. The van der Waals surface area contributed by atoms with E-state index in [1.165, 1.54) is 0 Å². The molecule has 0 bridgehead atoms. The molecule has 0 amide bonds. The Labute approximate surface area is 129 Å². The summed E-state index contributed by atoms with van der Waals surface area (Å²) in [6, 6.07) is 9.38. The maximum Gasteiger partial charge on any atom is 0.319 e. The minimum Gasteiger partial charge on any atom is -0.481 e. The van der Waals surface area contributed by atoms with E-state index >= 15 is 0 Å². The first kappa shape index (κ1) is 18.4. The molecule has 0 saturated heterocycles. The number of carbonyl (C=O) groups is 2. The molecule has 0 aliphatic heterocycles. The molecule has 0 aliphatic carbocycles. The predicted molar refractivity (Wildman–Crippen MR) is 82.4 cm³/mol. The Morgan fingerprint density at radius 1 is 1.18 bits per heavy atom. The van der Waals surface area contributed by atoms with Gasteiger partial charge < -0.3 is 15.1 Å². The third kappa shape index (κ3) is 4.68. The molecule has 0 fully saturated rings. The molecule has 3 N–H and O–H groups in total. The predicted octanol–water partition coefficient (Wildman–Crippen LogP) is 2.60. The average Bonchev–Trinajstić information content (AvgIpc) is 2.45. The van der Waals surface area contributed by atoms with Gasteiger partial charge in [-0.05, 0) is 31.7 Å². The monoisotopic (exact) mass is 328 g/mol. The van der Waals surface area contributed by atoms with Gasteiger partial charge in [-0.3, -0.25) is 14.2 Å². The van der Waals surface area contributed by atoms with Crippen LogP contribution in [0.4, 0.5) is 0 Å². The largest absolute Gasteiger partial charge is 0.481 e. The van der Waals surface area contributed by atoms with Crippen LogP contribution in [0.5, 0.6) is 0 Å². The molecule has 122 valence electrons. The number of aliphatic carboxylic acids is 2. The minimum atomic E-state index is -4.03. The number of aryl methyl sites for hydroxylation is 1. The van der Waals surface area contributed by atoms with Crippen molar-refractivity contribution in [3.8, 4) is 0 Å². The van der Waals surface area contributed by atoms with Gasteiger partial charge in [-0.2, -0.15) is 0 Å². The Morgan fingerprint density at radius 3 is 2.27 bits per heavy atom. The van der Waals surface area contributed by atoms with Crippen molar-refractivity contribution < 1.29 is 29.3 Å². The number of hydrogen-bond acceptors (Lipinski definition) is 3. The highest BCUT2D eigenvalue weighted by atomic mass is 31.2. The summed E-state index contributed by atoms with van der Waals surface area (Å²) >= 11 is 0. The number of carboxylic acids is 2. The van der Waals surface area contributed by atoms with Gasteiger partial charge in [-0.15, -0.1) is 0 Å². The summed E-state index contributed by atoms with van der Waals surface area (Å²) in [6.45, 7) is 1.15. The zero-order valence-corrected chi connectivity index (χ0v) is 13.3. The van der Waals surface area contributed by atoms with Gasteiger partial charge in [0.1, 0.15) is 5.16 Å². The molecule has 2 atom stereocenters. The smallest absolute Gasteiger partial charge is 0.319 e. The third-order valence-electron chi connectivity index (χ3n) is 3.83. The van der Waals surface area contributed by atoms with Gasteiger partial charge in [0.2, 0.25) is 7.37 Å². The van der Waals surface area contributed by atoms with E-state index in [4.69, 9.17) is 5.11 Å². The van der Waals surface area contributed by atoms with Crippen LogP contribution in [0.15, 0.2) is 30.3 Å². The van der Waals surface area contributed by atoms with Crippen LogP contribution in [-0.2, 0) is 20.6 Å². The van der Waals surface area contributed by atoms with Gasteiger partial charge in [0.25, 0.3) is 0 Å². The molecule has 2 unspecified atom stereocenters. The number of hydrogen-bond donors (Lipinski definition) is 3. The molecule has 22 heavy (non-hydrogen) atoms. The molecule has 0 heterocycles. The summed E-state index contributed by atoms with van der Waals surface area (Å²) in [5.74, 6) is -2.61. The Bertz CT molecular complexity index is 571. The van der Waals surface area contributed by atoms with Crippen molar-refractivity contribution in [2.45, 2.75) is 37.8 Å². The Balaban J connectivity index is 2.73. The lowest BCUT2D eigenvalue weighted by atomic mass is 10.1. The second kappa shape index (κ2) is 7.56. The van der Waals surface area contributed by atoms with Crippen molar-refractivity contribution >= 4 is 19.3 Å². The maximum absolute atomic E-state index is 12.5. The SMILES string of the molecule is CC(CCC(=O)O)(C(=O)O)P(=O)(O)CCCc1ccccc1. The van der Waals surface area contributed by atoms with Gasteiger partial charge in [-0.25, -0.2) is 0 Å². The number of carboxylic acid groups (broad SMARTS) is 2. The summed E-state index contributed by atoms with van der Waals surface area (Å²) in [6.07, 6.45) is -0.0269. The number of benzene rings is 1. The maximum atomic E-state index is 12.5. The Morgan fingerprint density at radius 2 is 1.77 bits per heavy atom. The van der Waals surface area contributed by atoms with Crippen molar-refractivity contribution in [3.05, 3.63) is 35.9 Å². The minimum absolute atomic E-state index is 0.148. The fraction of sp³-hybridized carbons (Fsp3) is 0.467. The fourth-order valence-corrected chi connectivity index (χ4v) is 4.01. The van der Waals surface area contributed by atoms with Crippen molar-refractivity contribution in [2.24, 2.45) is 0 Å². The molecular formula is C15H21O6P. The molecular weight excluding hydrogens is 307 g/mol. The first-order chi connectivity index (χ1) is 10.2. The lowest BCUT2D eigenvalue weighted by molar-refractivity contribution is -0.141. The summed E-state index contributed by atoms with van der Waals surface area (Å²) < 4.78 is 12.5. The molecule has 1 aromatic carbocycles. The second-order valence-corrected chi connectivity index (χ2v) is 8.32. The first-order valence-corrected chi connectivity index (χ1v) is 8.84. The first-order valence-electron chi connectivity index (χ1n) is 7.00.